The van der Waals surface area contributed by atoms with Crippen molar-refractivity contribution in [1.82, 2.24) is 0 Å². The molecule has 0 aromatic heterocycles. The topological polar surface area (TPSA) is 44.8 Å². The van der Waals surface area contributed by atoms with Gasteiger partial charge in [-0.25, -0.2) is 4.79 Å². The third kappa shape index (κ3) is 2.33. The highest BCUT2D eigenvalue weighted by atomic mass is 16.7. The lowest BCUT2D eigenvalue weighted by atomic mass is 9.93. The molecule has 0 N–H and O–H groups in total. The Morgan fingerprint density at radius 3 is 2.29 bits per heavy atom. The van der Waals surface area contributed by atoms with E-state index in [9.17, 15) is 4.79 Å². The summed E-state index contributed by atoms with van der Waals surface area (Å²) in [4.78, 5) is 12.0. The molecule has 0 bridgehead atoms. The number of benzene rings is 2. The van der Waals surface area contributed by atoms with Crippen LogP contribution >= 0.6 is 0 Å². The molecular weight excluding hydrogens is 268 g/mol. The van der Waals surface area contributed by atoms with Crippen LogP contribution in [0.25, 0.3) is 0 Å². The molecular formula is C17H16O4. The van der Waals surface area contributed by atoms with Crippen LogP contribution < -0.4 is 0 Å². The maximum absolute atomic E-state index is 12.0. The summed E-state index contributed by atoms with van der Waals surface area (Å²) in [5.74, 6) is -1.45. The quantitative estimate of drug-likeness (QED) is 0.813. The van der Waals surface area contributed by atoms with Crippen LogP contribution in [0.5, 0.6) is 0 Å². The predicted molar refractivity (Wildman–Crippen MR) is 76.9 cm³/mol. The molecule has 1 aliphatic heterocycles. The van der Waals surface area contributed by atoms with Crippen molar-refractivity contribution in [1.29, 1.82) is 0 Å². The van der Waals surface area contributed by atoms with E-state index in [1.807, 2.05) is 42.5 Å². The van der Waals surface area contributed by atoms with E-state index in [0.29, 0.717) is 24.3 Å². The van der Waals surface area contributed by atoms with E-state index in [2.05, 4.69) is 0 Å². The lowest BCUT2D eigenvalue weighted by Gasteiger charge is -2.29. The molecule has 0 amide bonds. The second-order valence-electron chi connectivity index (χ2n) is 4.72. The molecule has 3 rings (SSSR count). The van der Waals surface area contributed by atoms with E-state index in [1.165, 1.54) is 7.11 Å². The molecule has 1 fully saturated rings. The minimum atomic E-state index is -1.05. The van der Waals surface area contributed by atoms with Gasteiger partial charge in [0.1, 0.15) is 0 Å². The number of carbonyl (C=O) groups is 1. The Hall–Kier alpha value is -2.17. The van der Waals surface area contributed by atoms with Gasteiger partial charge in [0.2, 0.25) is 5.79 Å². The van der Waals surface area contributed by atoms with Gasteiger partial charge >= 0.3 is 5.97 Å². The highest BCUT2D eigenvalue weighted by Crippen LogP contribution is 2.39. The van der Waals surface area contributed by atoms with E-state index < -0.39 is 11.8 Å². The van der Waals surface area contributed by atoms with Crippen molar-refractivity contribution >= 4 is 5.97 Å². The van der Waals surface area contributed by atoms with E-state index in [-0.39, 0.29) is 0 Å². The summed E-state index contributed by atoms with van der Waals surface area (Å²) in [5.41, 5.74) is 1.98. The molecule has 1 aliphatic rings. The fraction of sp³-hybridized carbons (Fsp3) is 0.235. The first-order chi connectivity index (χ1) is 10.3. The number of carbonyl (C=O) groups excluding carboxylic acids is 1. The molecule has 0 atom stereocenters. The van der Waals surface area contributed by atoms with Gasteiger partial charge in [0.15, 0.2) is 0 Å². The summed E-state index contributed by atoms with van der Waals surface area (Å²) in [6.07, 6.45) is 0. The van der Waals surface area contributed by atoms with Gasteiger partial charge in [-0.3, -0.25) is 0 Å². The third-order valence-electron chi connectivity index (χ3n) is 3.53. The van der Waals surface area contributed by atoms with Crippen LogP contribution in [0.15, 0.2) is 54.6 Å². The zero-order valence-corrected chi connectivity index (χ0v) is 11.7. The van der Waals surface area contributed by atoms with Gasteiger partial charge in [-0.05, 0) is 6.07 Å². The molecule has 0 radical (unpaired) electrons. The Balaban J connectivity index is 2.18. The number of ether oxygens (including phenoxy) is 3. The van der Waals surface area contributed by atoms with Crippen molar-refractivity contribution in [3.63, 3.8) is 0 Å². The maximum Gasteiger partial charge on any atom is 0.338 e. The Kier molecular flexibility index (Phi) is 3.73. The summed E-state index contributed by atoms with van der Waals surface area (Å²) in [6.45, 7) is 0.953. The number of esters is 1. The zero-order chi connectivity index (χ0) is 14.7. The fourth-order valence-corrected chi connectivity index (χ4v) is 2.61. The minimum absolute atomic E-state index is 0.403. The highest BCUT2D eigenvalue weighted by molar-refractivity contribution is 5.91. The van der Waals surface area contributed by atoms with Crippen LogP contribution in [0, 0.1) is 0 Å². The number of hydrogen-bond donors (Lipinski definition) is 0. The normalized spacial score (nSPS) is 16.6. The van der Waals surface area contributed by atoms with Gasteiger partial charge in [-0.2, -0.15) is 0 Å². The molecule has 0 unspecified atom stereocenters. The van der Waals surface area contributed by atoms with Crippen molar-refractivity contribution in [3.8, 4) is 0 Å². The van der Waals surface area contributed by atoms with E-state index >= 15 is 0 Å². The molecule has 2 aromatic rings. The summed E-state index contributed by atoms with van der Waals surface area (Å²) in [5, 5.41) is 0. The fourth-order valence-electron chi connectivity index (χ4n) is 2.61. The molecule has 108 valence electrons. The van der Waals surface area contributed by atoms with Crippen molar-refractivity contribution in [2.45, 2.75) is 5.79 Å². The Morgan fingerprint density at radius 1 is 1.00 bits per heavy atom. The molecule has 0 aliphatic carbocycles. The van der Waals surface area contributed by atoms with Gasteiger partial charge in [0.25, 0.3) is 0 Å². The Morgan fingerprint density at radius 2 is 1.62 bits per heavy atom. The zero-order valence-electron chi connectivity index (χ0n) is 11.7. The Labute approximate surface area is 123 Å². The first kappa shape index (κ1) is 13.8. The van der Waals surface area contributed by atoms with E-state index in [0.717, 1.165) is 5.56 Å². The second-order valence-corrected chi connectivity index (χ2v) is 4.72. The summed E-state index contributed by atoms with van der Waals surface area (Å²) >= 11 is 0. The number of methoxy groups -OCH3 is 1. The maximum atomic E-state index is 12.0. The van der Waals surface area contributed by atoms with Crippen molar-refractivity contribution < 1.29 is 19.0 Å². The molecule has 0 spiro atoms. The van der Waals surface area contributed by atoms with Crippen molar-refractivity contribution in [3.05, 3.63) is 71.3 Å². The molecule has 4 nitrogen and oxygen atoms in total. The lowest BCUT2D eigenvalue weighted by molar-refractivity contribution is -0.130. The van der Waals surface area contributed by atoms with E-state index in [1.54, 1.807) is 12.1 Å². The summed E-state index contributed by atoms with van der Waals surface area (Å²) in [6, 6.07) is 16.8. The average molecular weight is 284 g/mol. The van der Waals surface area contributed by atoms with Crippen LogP contribution in [0.3, 0.4) is 0 Å². The molecule has 0 saturated carbocycles. The number of hydrogen-bond acceptors (Lipinski definition) is 4. The van der Waals surface area contributed by atoms with Gasteiger partial charge in [0.05, 0.1) is 25.9 Å². The van der Waals surface area contributed by atoms with Gasteiger partial charge in [0, 0.05) is 11.1 Å². The van der Waals surface area contributed by atoms with Crippen LogP contribution in [-0.2, 0) is 20.0 Å². The molecule has 1 heterocycles. The number of rotatable bonds is 3. The summed E-state index contributed by atoms with van der Waals surface area (Å²) in [7, 11) is 1.37. The summed E-state index contributed by atoms with van der Waals surface area (Å²) < 4.78 is 16.7. The highest BCUT2D eigenvalue weighted by Gasteiger charge is 2.43. The smallest absolute Gasteiger partial charge is 0.338 e. The third-order valence-corrected chi connectivity index (χ3v) is 3.53. The van der Waals surface area contributed by atoms with Gasteiger partial charge < -0.3 is 14.2 Å². The molecule has 4 heteroatoms. The predicted octanol–water partition coefficient (Wildman–Crippen LogP) is 2.72. The van der Waals surface area contributed by atoms with Gasteiger partial charge in [-0.15, -0.1) is 0 Å². The monoisotopic (exact) mass is 284 g/mol. The van der Waals surface area contributed by atoms with Crippen molar-refractivity contribution in [2.24, 2.45) is 0 Å². The van der Waals surface area contributed by atoms with Crippen LogP contribution in [0.2, 0.25) is 0 Å². The van der Waals surface area contributed by atoms with Crippen LogP contribution in [0.4, 0.5) is 0 Å². The Bertz CT molecular complexity index is 630. The van der Waals surface area contributed by atoms with E-state index in [4.69, 9.17) is 14.2 Å². The standard InChI is InChI=1S/C17H16O4/c1-19-16(18)14-9-5-6-10-15(14)17(20-11-12-21-17)13-7-3-2-4-8-13/h2-10H,11-12H2,1H3. The SMILES string of the molecule is COC(=O)c1ccccc1C1(c2ccccc2)OCCO1. The minimum Gasteiger partial charge on any atom is -0.465 e. The largest absolute Gasteiger partial charge is 0.465 e. The molecule has 21 heavy (non-hydrogen) atoms. The first-order valence-corrected chi connectivity index (χ1v) is 6.79. The van der Waals surface area contributed by atoms with Crippen LogP contribution in [0.1, 0.15) is 21.5 Å². The molecule has 1 saturated heterocycles. The second kappa shape index (κ2) is 5.68. The molecule has 2 aromatic carbocycles. The first-order valence-electron chi connectivity index (χ1n) is 6.79. The van der Waals surface area contributed by atoms with Crippen LogP contribution in [-0.4, -0.2) is 26.3 Å². The van der Waals surface area contributed by atoms with Crippen molar-refractivity contribution in [2.75, 3.05) is 20.3 Å². The average Bonchev–Trinajstić information content (AvgIpc) is 3.06. The van der Waals surface area contributed by atoms with Gasteiger partial charge in [-0.1, -0.05) is 48.5 Å². The lowest BCUT2D eigenvalue weighted by Crippen LogP contribution is -2.31.